The summed E-state index contributed by atoms with van der Waals surface area (Å²) in [7, 11) is 0. The molecule has 3 heteroatoms. The van der Waals surface area contributed by atoms with Gasteiger partial charge in [0.15, 0.2) is 6.10 Å². The van der Waals surface area contributed by atoms with Crippen LogP contribution in [-0.4, -0.2) is 17.9 Å². The Morgan fingerprint density at radius 1 is 1.20 bits per heavy atom. The largest absolute Gasteiger partial charge is 0.449 e. The van der Waals surface area contributed by atoms with Crippen LogP contribution >= 0.6 is 0 Å². The van der Waals surface area contributed by atoms with Crippen LogP contribution in [0.25, 0.3) is 11.6 Å². The van der Waals surface area contributed by atoms with Crippen LogP contribution in [0, 0.1) is 0 Å². The molecule has 1 aliphatic heterocycles. The number of carbonyl (C=O) groups is 2. The summed E-state index contributed by atoms with van der Waals surface area (Å²) in [5.41, 5.74) is 0.808. The Morgan fingerprint density at radius 2 is 2.00 bits per heavy atom. The van der Waals surface area contributed by atoms with Gasteiger partial charge in [-0.05, 0) is 22.1 Å². The Kier molecular flexibility index (Phi) is 1.57. The molecule has 3 rings (SSSR count). The number of hydrogen-bond donors (Lipinski definition) is 0. The number of ketones is 1. The van der Waals surface area contributed by atoms with E-state index in [4.69, 9.17) is 4.74 Å². The normalized spacial score (nSPS) is 22.9. The maximum Gasteiger partial charge on any atom is 0.311 e. The quantitative estimate of drug-likeness (QED) is 0.531. The van der Waals surface area contributed by atoms with Gasteiger partial charge >= 0.3 is 5.97 Å². The zero-order valence-corrected chi connectivity index (χ0v) is 7.90. The van der Waals surface area contributed by atoms with Crippen LogP contribution in [0.3, 0.4) is 0 Å². The maximum atomic E-state index is 11.6. The SMILES string of the molecule is O=C1CC2=c3ccccc3=CC(=O)C2O1. The molecule has 15 heavy (non-hydrogen) atoms. The van der Waals surface area contributed by atoms with Crippen molar-refractivity contribution in [3.05, 3.63) is 34.7 Å². The third-order valence-corrected chi connectivity index (χ3v) is 2.76. The van der Waals surface area contributed by atoms with E-state index in [1.807, 2.05) is 24.3 Å². The predicted molar refractivity (Wildman–Crippen MR) is 53.1 cm³/mol. The summed E-state index contributed by atoms with van der Waals surface area (Å²) in [6.07, 6.45) is 1.12. The minimum absolute atomic E-state index is 0.130. The van der Waals surface area contributed by atoms with Gasteiger partial charge < -0.3 is 4.74 Å². The molecule has 2 aliphatic rings. The molecule has 1 heterocycles. The van der Waals surface area contributed by atoms with Crippen molar-refractivity contribution in [3.8, 4) is 0 Å². The lowest BCUT2D eigenvalue weighted by Gasteiger charge is -2.11. The standard InChI is InChI=1S/C12H8O3/c13-10-5-7-3-1-2-4-8(7)9-6-11(14)15-12(9)10/h1-5,12H,6H2. The van der Waals surface area contributed by atoms with Crippen molar-refractivity contribution in [2.45, 2.75) is 12.5 Å². The average Bonchev–Trinajstić information content (AvgIpc) is 2.61. The Morgan fingerprint density at radius 3 is 2.87 bits per heavy atom. The van der Waals surface area contributed by atoms with Crippen molar-refractivity contribution in [3.63, 3.8) is 0 Å². The number of ether oxygens (including phenoxy) is 1. The smallest absolute Gasteiger partial charge is 0.311 e. The van der Waals surface area contributed by atoms with Gasteiger partial charge in [0.05, 0.1) is 6.42 Å². The fraction of sp³-hybridized carbons (Fsp3) is 0.167. The molecule has 0 spiro atoms. The van der Waals surface area contributed by atoms with Crippen LogP contribution < -0.4 is 10.4 Å². The summed E-state index contributed by atoms with van der Waals surface area (Å²) in [6, 6.07) is 7.57. The first-order chi connectivity index (χ1) is 7.25. The molecular weight excluding hydrogens is 192 g/mol. The van der Waals surface area contributed by atoms with Crippen LogP contribution in [0.2, 0.25) is 0 Å². The minimum atomic E-state index is -0.660. The molecule has 1 unspecified atom stereocenters. The highest BCUT2D eigenvalue weighted by Crippen LogP contribution is 2.23. The van der Waals surface area contributed by atoms with E-state index in [1.165, 1.54) is 0 Å². The molecule has 1 saturated heterocycles. The second-order valence-corrected chi connectivity index (χ2v) is 3.71. The first kappa shape index (κ1) is 8.41. The lowest BCUT2D eigenvalue weighted by atomic mass is 9.96. The fourth-order valence-electron chi connectivity index (χ4n) is 2.10. The van der Waals surface area contributed by atoms with E-state index in [1.54, 1.807) is 6.08 Å². The molecule has 0 amide bonds. The molecule has 1 aromatic rings. The third-order valence-electron chi connectivity index (χ3n) is 2.76. The fourth-order valence-corrected chi connectivity index (χ4v) is 2.10. The monoisotopic (exact) mass is 200 g/mol. The van der Waals surface area contributed by atoms with Gasteiger partial charge in [-0.2, -0.15) is 0 Å². The summed E-state index contributed by atoms with van der Waals surface area (Å²) < 4.78 is 4.98. The van der Waals surface area contributed by atoms with Gasteiger partial charge in [-0.15, -0.1) is 0 Å². The number of esters is 1. The molecule has 0 aromatic heterocycles. The first-order valence-corrected chi connectivity index (χ1v) is 4.79. The van der Waals surface area contributed by atoms with Gasteiger partial charge in [0.2, 0.25) is 5.78 Å². The van der Waals surface area contributed by atoms with Gasteiger partial charge in [0.1, 0.15) is 0 Å². The van der Waals surface area contributed by atoms with Crippen molar-refractivity contribution in [1.82, 2.24) is 0 Å². The van der Waals surface area contributed by atoms with E-state index in [2.05, 4.69) is 0 Å². The highest BCUT2D eigenvalue weighted by atomic mass is 16.6. The molecule has 0 saturated carbocycles. The van der Waals surface area contributed by atoms with Crippen molar-refractivity contribution >= 4 is 23.4 Å². The molecule has 0 N–H and O–H groups in total. The molecule has 1 atom stereocenters. The number of hydrogen-bond acceptors (Lipinski definition) is 3. The first-order valence-electron chi connectivity index (χ1n) is 4.79. The van der Waals surface area contributed by atoms with E-state index >= 15 is 0 Å². The number of rotatable bonds is 0. The van der Waals surface area contributed by atoms with Gasteiger partial charge in [-0.3, -0.25) is 9.59 Å². The van der Waals surface area contributed by atoms with Crippen LogP contribution in [0.1, 0.15) is 6.42 Å². The molecule has 74 valence electrons. The van der Waals surface area contributed by atoms with Gasteiger partial charge in [0, 0.05) is 0 Å². The van der Waals surface area contributed by atoms with Crippen LogP contribution in [0.4, 0.5) is 0 Å². The number of Topliss-reactive ketones (excluding diaryl/α,β-unsaturated/α-hetero) is 1. The van der Waals surface area contributed by atoms with Gasteiger partial charge in [0.25, 0.3) is 0 Å². The summed E-state index contributed by atoms with van der Waals surface area (Å²) in [5, 5.41) is 1.85. The summed E-state index contributed by atoms with van der Waals surface area (Å²) >= 11 is 0. The van der Waals surface area contributed by atoms with Crippen LogP contribution in [0.15, 0.2) is 24.3 Å². The second-order valence-electron chi connectivity index (χ2n) is 3.71. The van der Waals surface area contributed by atoms with E-state index in [-0.39, 0.29) is 18.2 Å². The Labute approximate surface area is 85.7 Å². The summed E-state index contributed by atoms with van der Waals surface area (Å²) in [6.45, 7) is 0. The molecular formula is C12H8O3. The van der Waals surface area contributed by atoms with E-state index in [9.17, 15) is 9.59 Å². The highest BCUT2D eigenvalue weighted by Gasteiger charge is 2.35. The highest BCUT2D eigenvalue weighted by molar-refractivity contribution is 6.17. The molecule has 1 fully saturated rings. The summed E-state index contributed by atoms with van der Waals surface area (Å²) in [5.74, 6) is -0.442. The molecule has 1 aliphatic carbocycles. The number of carbonyl (C=O) groups excluding carboxylic acids is 2. The van der Waals surface area contributed by atoms with Crippen molar-refractivity contribution in [1.29, 1.82) is 0 Å². The van der Waals surface area contributed by atoms with Gasteiger partial charge in [-0.1, -0.05) is 24.3 Å². The maximum absolute atomic E-state index is 11.6. The Hall–Kier alpha value is -1.90. The summed E-state index contributed by atoms with van der Waals surface area (Å²) in [4.78, 5) is 22.8. The Bertz CT molecular complexity index is 583. The lowest BCUT2D eigenvalue weighted by molar-refractivity contribution is -0.145. The topological polar surface area (TPSA) is 43.4 Å². The van der Waals surface area contributed by atoms with Crippen molar-refractivity contribution < 1.29 is 14.3 Å². The molecule has 0 radical (unpaired) electrons. The van der Waals surface area contributed by atoms with Gasteiger partial charge in [-0.25, -0.2) is 0 Å². The van der Waals surface area contributed by atoms with E-state index in [0.29, 0.717) is 0 Å². The zero-order valence-electron chi connectivity index (χ0n) is 7.90. The lowest BCUT2D eigenvalue weighted by Crippen LogP contribution is -2.38. The molecule has 1 aromatic carbocycles. The minimum Gasteiger partial charge on any atom is -0.449 e. The third kappa shape index (κ3) is 1.13. The Balaban J connectivity index is 2.40. The van der Waals surface area contributed by atoms with Crippen molar-refractivity contribution in [2.24, 2.45) is 0 Å². The zero-order chi connectivity index (χ0) is 10.4. The predicted octanol–water partition coefficient (Wildman–Crippen LogP) is -0.484. The van der Waals surface area contributed by atoms with Crippen molar-refractivity contribution in [2.75, 3.05) is 0 Å². The molecule has 3 nitrogen and oxygen atoms in total. The number of benzene rings is 1. The van der Waals surface area contributed by atoms with E-state index < -0.39 is 6.10 Å². The average molecular weight is 200 g/mol. The van der Waals surface area contributed by atoms with Crippen LogP contribution in [0.5, 0.6) is 0 Å². The number of fused-ring (bicyclic) bond motifs is 2. The van der Waals surface area contributed by atoms with Crippen LogP contribution in [-0.2, 0) is 14.3 Å². The van der Waals surface area contributed by atoms with E-state index in [0.717, 1.165) is 16.0 Å². The second kappa shape index (κ2) is 2.79. The molecule has 0 bridgehead atoms.